The first kappa shape index (κ1) is 15.9. The third kappa shape index (κ3) is 3.25. The second kappa shape index (κ2) is 6.54. The number of rotatable bonds is 4. The van der Waals surface area contributed by atoms with Gasteiger partial charge in [0.25, 0.3) is 0 Å². The third-order valence-electron chi connectivity index (χ3n) is 3.47. The molecular weight excluding hydrogens is 284 g/mol. The highest BCUT2D eigenvalue weighted by Gasteiger charge is 2.45. The summed E-state index contributed by atoms with van der Waals surface area (Å²) in [6, 6.07) is 0. The number of aliphatic hydroxyl groups is 4. The van der Waals surface area contributed by atoms with Crippen LogP contribution in [-0.2, 0) is 14.3 Å². The quantitative estimate of drug-likeness (QED) is 0.312. The molecule has 0 bridgehead atoms. The van der Waals surface area contributed by atoms with Crippen molar-refractivity contribution in [2.24, 2.45) is 0 Å². The van der Waals surface area contributed by atoms with Crippen LogP contribution in [0, 0.1) is 0 Å². The smallest absolute Gasteiger partial charge is 0.371 e. The number of carboxylic acid groups (broad SMARTS) is 1. The lowest BCUT2D eigenvalue weighted by Crippen LogP contribution is -2.59. The maximum absolute atomic E-state index is 11.2. The van der Waals surface area contributed by atoms with Crippen molar-refractivity contribution < 1.29 is 39.8 Å². The second-order valence-corrected chi connectivity index (χ2v) is 4.92. The first-order valence-corrected chi connectivity index (χ1v) is 6.56. The normalized spacial score (nSPS) is 38.4. The summed E-state index contributed by atoms with van der Waals surface area (Å²) in [5.41, 5.74) is 0.444. The van der Waals surface area contributed by atoms with Gasteiger partial charge in [-0.05, 0) is 12.8 Å². The van der Waals surface area contributed by atoms with Gasteiger partial charge in [0.2, 0.25) is 12.0 Å². The molecule has 5 N–H and O–H groups in total. The Kier molecular flexibility index (Phi) is 4.96. The highest BCUT2D eigenvalue weighted by Crippen LogP contribution is 2.27. The number of allylic oxidation sites excluding steroid dienone is 3. The molecule has 2 rings (SSSR count). The van der Waals surface area contributed by atoms with E-state index in [1.807, 2.05) is 0 Å². The fourth-order valence-corrected chi connectivity index (χ4v) is 2.28. The minimum absolute atomic E-state index is 0.381. The topological polar surface area (TPSA) is 137 Å². The van der Waals surface area contributed by atoms with Crippen LogP contribution in [0.4, 0.5) is 0 Å². The lowest BCUT2D eigenvalue weighted by Gasteiger charge is -2.39. The van der Waals surface area contributed by atoms with Gasteiger partial charge in [-0.2, -0.15) is 0 Å². The van der Waals surface area contributed by atoms with E-state index in [0.717, 1.165) is 0 Å². The van der Waals surface area contributed by atoms with Gasteiger partial charge in [-0.3, -0.25) is 0 Å². The van der Waals surface area contributed by atoms with Gasteiger partial charge in [-0.15, -0.1) is 0 Å². The Morgan fingerprint density at radius 2 is 2.00 bits per heavy atom. The molecule has 0 saturated carbocycles. The Labute approximate surface area is 120 Å². The van der Waals surface area contributed by atoms with Gasteiger partial charge in [0.05, 0.1) is 6.61 Å². The van der Waals surface area contributed by atoms with Crippen molar-refractivity contribution in [1.29, 1.82) is 0 Å². The van der Waals surface area contributed by atoms with E-state index in [4.69, 9.17) is 14.6 Å². The van der Waals surface area contributed by atoms with Crippen molar-refractivity contribution in [3.8, 4) is 0 Å². The van der Waals surface area contributed by atoms with Crippen LogP contribution in [0.25, 0.3) is 0 Å². The summed E-state index contributed by atoms with van der Waals surface area (Å²) in [5.74, 6) is -1.71. The van der Waals surface area contributed by atoms with Crippen LogP contribution in [-0.4, -0.2) is 68.8 Å². The molecule has 8 heteroatoms. The highest BCUT2D eigenvalue weighted by molar-refractivity contribution is 5.86. The van der Waals surface area contributed by atoms with Crippen LogP contribution in [0.3, 0.4) is 0 Å². The van der Waals surface area contributed by atoms with Gasteiger partial charge < -0.3 is 35.0 Å². The van der Waals surface area contributed by atoms with Crippen LogP contribution in [0.1, 0.15) is 12.8 Å². The van der Waals surface area contributed by atoms with Crippen molar-refractivity contribution in [1.82, 2.24) is 0 Å². The average Bonchev–Trinajstić information content (AvgIpc) is 2.97. The van der Waals surface area contributed by atoms with Crippen LogP contribution in [0.2, 0.25) is 0 Å². The SMILES string of the molecule is O=C(O)C(OC1OC(CO)C(O)C(O)C1O)=C1C=CCC1. The van der Waals surface area contributed by atoms with Gasteiger partial charge in [0.15, 0.2) is 0 Å². The summed E-state index contributed by atoms with van der Waals surface area (Å²) in [5, 5.41) is 47.3. The summed E-state index contributed by atoms with van der Waals surface area (Å²) in [7, 11) is 0. The number of hydrogen-bond acceptors (Lipinski definition) is 7. The van der Waals surface area contributed by atoms with Crippen molar-refractivity contribution in [2.75, 3.05) is 6.61 Å². The van der Waals surface area contributed by atoms with Gasteiger partial charge >= 0.3 is 5.97 Å². The van der Waals surface area contributed by atoms with Gasteiger partial charge in [0, 0.05) is 5.57 Å². The number of hydrogen-bond donors (Lipinski definition) is 5. The Morgan fingerprint density at radius 1 is 1.29 bits per heavy atom. The fourth-order valence-electron chi connectivity index (χ4n) is 2.28. The molecule has 0 aromatic heterocycles. The molecule has 118 valence electrons. The maximum Gasteiger partial charge on any atom is 0.371 e. The molecule has 0 spiro atoms. The largest absolute Gasteiger partial charge is 0.475 e. The van der Waals surface area contributed by atoms with E-state index in [1.54, 1.807) is 12.2 Å². The van der Waals surface area contributed by atoms with Crippen molar-refractivity contribution in [3.05, 3.63) is 23.5 Å². The standard InChI is InChI=1S/C13H18O8/c14-5-7-8(15)9(16)10(17)13(20-7)21-11(12(18)19)6-3-1-2-4-6/h1,3,7-10,13-17H,2,4-5H2,(H,18,19). The van der Waals surface area contributed by atoms with Crippen LogP contribution in [0.5, 0.6) is 0 Å². The summed E-state index contributed by atoms with van der Waals surface area (Å²) in [4.78, 5) is 11.2. The van der Waals surface area contributed by atoms with Crippen LogP contribution >= 0.6 is 0 Å². The highest BCUT2D eigenvalue weighted by atomic mass is 16.7. The van der Waals surface area contributed by atoms with E-state index in [1.165, 1.54) is 0 Å². The minimum Gasteiger partial charge on any atom is -0.475 e. The zero-order valence-electron chi connectivity index (χ0n) is 11.1. The zero-order valence-corrected chi connectivity index (χ0v) is 11.1. The molecule has 1 fully saturated rings. The first-order valence-electron chi connectivity index (χ1n) is 6.56. The van der Waals surface area contributed by atoms with Crippen LogP contribution in [0.15, 0.2) is 23.5 Å². The number of ether oxygens (including phenoxy) is 2. The second-order valence-electron chi connectivity index (χ2n) is 4.92. The van der Waals surface area contributed by atoms with Crippen molar-refractivity contribution >= 4 is 5.97 Å². The number of carboxylic acids is 1. The van der Waals surface area contributed by atoms with E-state index < -0.39 is 43.3 Å². The minimum atomic E-state index is -1.64. The summed E-state index contributed by atoms with van der Waals surface area (Å²) in [6.45, 7) is -0.607. The Hall–Kier alpha value is -1.45. The fraction of sp³-hybridized carbons (Fsp3) is 0.615. The molecule has 1 saturated heterocycles. The zero-order chi connectivity index (χ0) is 15.6. The molecule has 1 aliphatic carbocycles. The third-order valence-corrected chi connectivity index (χ3v) is 3.47. The van der Waals surface area contributed by atoms with E-state index in [2.05, 4.69) is 0 Å². The lowest BCUT2D eigenvalue weighted by atomic mass is 9.99. The lowest BCUT2D eigenvalue weighted by molar-refractivity contribution is -0.291. The monoisotopic (exact) mass is 302 g/mol. The van der Waals surface area contributed by atoms with Crippen LogP contribution < -0.4 is 0 Å². The molecule has 1 aliphatic heterocycles. The summed E-state index contributed by atoms with van der Waals surface area (Å²) < 4.78 is 10.3. The number of aliphatic hydroxyl groups excluding tert-OH is 4. The Bertz CT molecular complexity index is 455. The maximum atomic E-state index is 11.2. The molecule has 1 heterocycles. The van der Waals surface area contributed by atoms with E-state index in [0.29, 0.717) is 18.4 Å². The molecule has 21 heavy (non-hydrogen) atoms. The van der Waals surface area contributed by atoms with E-state index in [9.17, 15) is 25.2 Å². The first-order chi connectivity index (χ1) is 9.95. The molecule has 2 aliphatic rings. The summed E-state index contributed by atoms with van der Waals surface area (Å²) in [6.07, 6.45) is -2.84. The predicted molar refractivity (Wildman–Crippen MR) is 67.9 cm³/mol. The molecule has 0 aromatic rings. The van der Waals surface area contributed by atoms with Gasteiger partial charge in [0.1, 0.15) is 24.4 Å². The van der Waals surface area contributed by atoms with Gasteiger partial charge in [-0.25, -0.2) is 4.79 Å². The molecular formula is C13H18O8. The Balaban J connectivity index is 2.18. The van der Waals surface area contributed by atoms with E-state index in [-0.39, 0.29) is 5.76 Å². The summed E-state index contributed by atoms with van der Waals surface area (Å²) >= 11 is 0. The van der Waals surface area contributed by atoms with Crippen molar-refractivity contribution in [2.45, 2.75) is 43.5 Å². The molecule has 0 aromatic carbocycles. The molecule has 0 amide bonds. The number of carbonyl (C=O) groups is 1. The number of aliphatic carboxylic acids is 1. The Morgan fingerprint density at radius 3 is 2.52 bits per heavy atom. The van der Waals surface area contributed by atoms with E-state index >= 15 is 0 Å². The predicted octanol–water partition coefficient (Wildman–Crippen LogP) is -1.51. The molecule has 5 unspecified atom stereocenters. The van der Waals surface area contributed by atoms with Gasteiger partial charge in [-0.1, -0.05) is 12.2 Å². The average molecular weight is 302 g/mol. The molecule has 5 atom stereocenters. The molecule has 0 radical (unpaired) electrons. The molecule has 8 nitrogen and oxygen atoms in total. The van der Waals surface area contributed by atoms with Crippen molar-refractivity contribution in [3.63, 3.8) is 0 Å².